The van der Waals surface area contributed by atoms with Crippen LogP contribution in [0.2, 0.25) is 0 Å². The normalized spacial score (nSPS) is 28.5. The lowest BCUT2D eigenvalue weighted by Crippen LogP contribution is -2.46. The summed E-state index contributed by atoms with van der Waals surface area (Å²) in [6.07, 6.45) is 4.72. The predicted octanol–water partition coefficient (Wildman–Crippen LogP) is 2.47. The van der Waals surface area contributed by atoms with Crippen molar-refractivity contribution in [3.63, 3.8) is 0 Å². The van der Waals surface area contributed by atoms with Crippen LogP contribution >= 0.6 is 11.8 Å². The highest BCUT2D eigenvalue weighted by Crippen LogP contribution is 2.35. The number of aliphatic hydroxyl groups is 1. The topological polar surface area (TPSA) is 32.3 Å². The molecular formula is C16H23NOS. The fraction of sp³-hybridized carbons (Fsp3) is 0.625. The second-order valence-electron chi connectivity index (χ2n) is 6.04. The predicted molar refractivity (Wildman–Crippen MR) is 81.6 cm³/mol. The van der Waals surface area contributed by atoms with Gasteiger partial charge in [-0.25, -0.2) is 0 Å². The van der Waals surface area contributed by atoms with Crippen molar-refractivity contribution >= 4 is 11.8 Å². The summed E-state index contributed by atoms with van der Waals surface area (Å²) in [5.74, 6) is 2.81. The molecule has 0 bridgehead atoms. The zero-order valence-electron chi connectivity index (χ0n) is 11.3. The van der Waals surface area contributed by atoms with Crippen molar-refractivity contribution < 1.29 is 5.11 Å². The Kier molecular flexibility index (Phi) is 4.15. The third-order valence-electron chi connectivity index (χ3n) is 4.27. The number of thioether (sulfide) groups is 1. The molecule has 1 saturated carbocycles. The third kappa shape index (κ3) is 3.74. The van der Waals surface area contributed by atoms with Crippen LogP contribution in [0.3, 0.4) is 0 Å². The first-order chi connectivity index (χ1) is 9.25. The minimum Gasteiger partial charge on any atom is -0.388 e. The van der Waals surface area contributed by atoms with E-state index < -0.39 is 5.60 Å². The molecule has 1 aromatic carbocycles. The zero-order chi connectivity index (χ0) is 13.1. The van der Waals surface area contributed by atoms with Gasteiger partial charge >= 0.3 is 0 Å². The molecule has 2 nitrogen and oxygen atoms in total. The molecule has 1 aliphatic heterocycles. The first kappa shape index (κ1) is 13.5. The summed E-state index contributed by atoms with van der Waals surface area (Å²) in [6.45, 7) is 0.758. The maximum absolute atomic E-state index is 10.4. The molecule has 2 fully saturated rings. The molecule has 0 amide bonds. The molecule has 3 rings (SSSR count). The van der Waals surface area contributed by atoms with E-state index in [1.807, 2.05) is 11.8 Å². The van der Waals surface area contributed by atoms with Crippen LogP contribution in [0, 0.1) is 5.92 Å². The zero-order valence-corrected chi connectivity index (χ0v) is 12.2. The van der Waals surface area contributed by atoms with E-state index in [-0.39, 0.29) is 0 Å². The van der Waals surface area contributed by atoms with E-state index in [0.29, 0.717) is 6.04 Å². The fourth-order valence-corrected chi connectivity index (χ4v) is 4.12. The van der Waals surface area contributed by atoms with Gasteiger partial charge in [-0.05, 0) is 42.9 Å². The largest absolute Gasteiger partial charge is 0.388 e. The van der Waals surface area contributed by atoms with Crippen LogP contribution in [0.25, 0.3) is 0 Å². The smallest absolute Gasteiger partial charge is 0.0869 e. The number of hydrogen-bond acceptors (Lipinski definition) is 3. The first-order valence-corrected chi connectivity index (χ1v) is 8.48. The molecule has 3 heteroatoms. The van der Waals surface area contributed by atoms with Gasteiger partial charge in [0, 0.05) is 18.3 Å². The summed E-state index contributed by atoms with van der Waals surface area (Å²) >= 11 is 1.87. The molecule has 104 valence electrons. The van der Waals surface area contributed by atoms with Crippen LogP contribution < -0.4 is 5.32 Å². The van der Waals surface area contributed by atoms with Crippen LogP contribution in [-0.4, -0.2) is 34.8 Å². The second kappa shape index (κ2) is 5.86. The molecule has 2 atom stereocenters. The molecule has 1 aliphatic carbocycles. The molecule has 1 saturated heterocycles. The second-order valence-corrected chi connectivity index (χ2v) is 7.15. The molecule has 2 aliphatic rings. The Morgan fingerprint density at radius 2 is 2.11 bits per heavy atom. The molecule has 0 radical (unpaired) electrons. The summed E-state index contributed by atoms with van der Waals surface area (Å²) in [5, 5.41) is 14.1. The summed E-state index contributed by atoms with van der Waals surface area (Å²) in [6, 6.07) is 11.2. The van der Waals surface area contributed by atoms with E-state index in [1.165, 1.54) is 18.4 Å². The molecule has 2 unspecified atom stereocenters. The Morgan fingerprint density at radius 3 is 2.74 bits per heavy atom. The van der Waals surface area contributed by atoms with E-state index in [9.17, 15) is 5.11 Å². The number of benzene rings is 1. The van der Waals surface area contributed by atoms with Gasteiger partial charge in [-0.3, -0.25) is 0 Å². The van der Waals surface area contributed by atoms with E-state index in [2.05, 4.69) is 35.6 Å². The molecule has 0 spiro atoms. The lowest BCUT2D eigenvalue weighted by Gasteiger charge is -2.26. The van der Waals surface area contributed by atoms with Crippen LogP contribution in [0.5, 0.6) is 0 Å². The average molecular weight is 277 g/mol. The minimum atomic E-state index is -0.464. The van der Waals surface area contributed by atoms with E-state index >= 15 is 0 Å². The van der Waals surface area contributed by atoms with Gasteiger partial charge in [0.25, 0.3) is 0 Å². The Hall–Kier alpha value is -0.510. The Morgan fingerprint density at radius 1 is 1.32 bits per heavy atom. The number of nitrogens with one attached hydrogen (secondary N) is 1. The van der Waals surface area contributed by atoms with Crippen LogP contribution in [0.4, 0.5) is 0 Å². The Balaban J connectivity index is 1.56. The van der Waals surface area contributed by atoms with Crippen LogP contribution in [0.1, 0.15) is 24.8 Å². The maximum Gasteiger partial charge on any atom is 0.0869 e. The maximum atomic E-state index is 10.4. The summed E-state index contributed by atoms with van der Waals surface area (Å²) < 4.78 is 0. The third-order valence-corrected chi connectivity index (χ3v) is 5.50. The van der Waals surface area contributed by atoms with Crippen molar-refractivity contribution in [1.29, 1.82) is 0 Å². The molecule has 0 aromatic heterocycles. The van der Waals surface area contributed by atoms with E-state index in [0.717, 1.165) is 36.8 Å². The monoisotopic (exact) mass is 277 g/mol. The Labute approximate surface area is 120 Å². The minimum absolute atomic E-state index is 0.464. The number of hydrogen-bond donors (Lipinski definition) is 2. The van der Waals surface area contributed by atoms with Crippen molar-refractivity contribution in [3.8, 4) is 0 Å². The molecule has 1 heterocycles. The highest BCUT2D eigenvalue weighted by molar-refractivity contribution is 7.99. The van der Waals surface area contributed by atoms with Gasteiger partial charge < -0.3 is 10.4 Å². The molecule has 19 heavy (non-hydrogen) atoms. The van der Waals surface area contributed by atoms with Gasteiger partial charge in [-0.1, -0.05) is 30.3 Å². The molecule has 2 N–H and O–H groups in total. The lowest BCUT2D eigenvalue weighted by atomic mass is 9.99. The average Bonchev–Trinajstić information content (AvgIpc) is 3.18. The van der Waals surface area contributed by atoms with E-state index in [4.69, 9.17) is 0 Å². The van der Waals surface area contributed by atoms with Gasteiger partial charge in [0.05, 0.1) is 5.60 Å². The first-order valence-electron chi connectivity index (χ1n) is 7.33. The Bertz CT molecular complexity index is 398. The molecule has 1 aromatic rings. The highest BCUT2D eigenvalue weighted by Gasteiger charge is 2.35. The fourth-order valence-electron chi connectivity index (χ4n) is 2.83. The number of rotatable bonds is 6. The van der Waals surface area contributed by atoms with Crippen LogP contribution in [-0.2, 0) is 6.42 Å². The summed E-state index contributed by atoms with van der Waals surface area (Å²) in [5.41, 5.74) is 0.939. The van der Waals surface area contributed by atoms with Gasteiger partial charge in [0.15, 0.2) is 0 Å². The van der Waals surface area contributed by atoms with Gasteiger partial charge in [0.2, 0.25) is 0 Å². The standard InChI is InChI=1S/C16H23NOS/c18-16(8-9-19-12-16)11-17-15(14-6-7-14)10-13-4-2-1-3-5-13/h1-5,14-15,17-18H,6-12H2. The van der Waals surface area contributed by atoms with Gasteiger partial charge in [-0.2, -0.15) is 11.8 Å². The van der Waals surface area contributed by atoms with Gasteiger partial charge in [0.1, 0.15) is 0 Å². The summed E-state index contributed by atoms with van der Waals surface area (Å²) in [4.78, 5) is 0. The van der Waals surface area contributed by atoms with Gasteiger partial charge in [-0.15, -0.1) is 0 Å². The van der Waals surface area contributed by atoms with Crippen LogP contribution in [0.15, 0.2) is 30.3 Å². The SMILES string of the molecule is OC1(CNC(Cc2ccccc2)C2CC2)CCSC1. The van der Waals surface area contributed by atoms with Crippen molar-refractivity contribution in [2.75, 3.05) is 18.1 Å². The van der Waals surface area contributed by atoms with Crippen molar-refractivity contribution in [1.82, 2.24) is 5.32 Å². The quantitative estimate of drug-likeness (QED) is 0.838. The lowest BCUT2D eigenvalue weighted by molar-refractivity contribution is 0.0636. The van der Waals surface area contributed by atoms with Crippen molar-refractivity contribution in [2.24, 2.45) is 5.92 Å². The van der Waals surface area contributed by atoms with Crippen molar-refractivity contribution in [2.45, 2.75) is 37.3 Å². The highest BCUT2D eigenvalue weighted by atomic mass is 32.2. The van der Waals surface area contributed by atoms with E-state index in [1.54, 1.807) is 0 Å². The summed E-state index contributed by atoms with van der Waals surface area (Å²) in [7, 11) is 0. The van der Waals surface area contributed by atoms with Crippen molar-refractivity contribution in [3.05, 3.63) is 35.9 Å². The molecular weight excluding hydrogens is 254 g/mol.